The molecule has 0 aliphatic carbocycles. The van der Waals surface area contributed by atoms with E-state index in [4.69, 9.17) is 0 Å². The molecule has 0 N–H and O–H groups in total. The molecule has 0 saturated carbocycles. The number of carbonyl (C=O) groups is 2. The Balaban J connectivity index is 0. The van der Waals surface area contributed by atoms with Gasteiger partial charge in [0.05, 0.1) is 0 Å². The lowest BCUT2D eigenvalue weighted by Gasteiger charge is -1.83. The van der Waals surface area contributed by atoms with Gasteiger partial charge in [0, 0.05) is 0 Å². The Kier molecular flexibility index (Phi) is 20.6. The average Bonchev–Trinajstić information content (AvgIpc) is 2.35. The molecule has 0 amide bonds. The lowest BCUT2D eigenvalue weighted by atomic mass is 10.2. The second-order valence-electron chi connectivity index (χ2n) is 3.07. The van der Waals surface area contributed by atoms with Crippen LogP contribution in [0.15, 0.2) is 48.6 Å². The molecule has 0 aromatic carbocycles. The summed E-state index contributed by atoms with van der Waals surface area (Å²) in [5.41, 5.74) is 0. The fourth-order valence-electron chi connectivity index (χ4n) is 0.849. The number of rotatable bonds is 7. The Morgan fingerprint density at radius 2 is 1.41 bits per heavy atom. The smallest absolute Gasteiger partial charge is 0.142 e. The predicted molar refractivity (Wildman–Crippen MR) is 73.9 cm³/mol. The first-order valence-electron chi connectivity index (χ1n) is 5.81. The number of aldehydes is 2. The summed E-state index contributed by atoms with van der Waals surface area (Å²) in [6, 6.07) is 0. The zero-order chi connectivity index (χ0) is 13.2. The third-order valence-corrected chi connectivity index (χ3v) is 1.61. The number of allylic oxidation sites excluding steroid dienone is 8. The summed E-state index contributed by atoms with van der Waals surface area (Å²) >= 11 is 0. The van der Waals surface area contributed by atoms with Gasteiger partial charge in [-0.1, -0.05) is 43.4 Å². The van der Waals surface area contributed by atoms with E-state index in [0.717, 1.165) is 31.8 Å². The maximum absolute atomic E-state index is 9.79. The van der Waals surface area contributed by atoms with Crippen LogP contribution in [0.4, 0.5) is 0 Å². The zero-order valence-electron chi connectivity index (χ0n) is 10.7. The second kappa shape index (κ2) is 19.8. The van der Waals surface area contributed by atoms with Crippen LogP contribution in [0, 0.1) is 0 Å². The van der Waals surface area contributed by atoms with Gasteiger partial charge in [-0.15, -0.1) is 0 Å². The molecule has 0 aliphatic heterocycles. The first-order valence-corrected chi connectivity index (χ1v) is 5.81. The minimum absolute atomic E-state index is 0.750. The van der Waals surface area contributed by atoms with Gasteiger partial charge in [-0.2, -0.15) is 0 Å². The van der Waals surface area contributed by atoms with E-state index in [-0.39, 0.29) is 0 Å². The molecule has 0 unspecified atom stereocenters. The first-order chi connectivity index (χ1) is 8.33. The van der Waals surface area contributed by atoms with Gasteiger partial charge in [0.25, 0.3) is 0 Å². The first kappa shape index (κ1) is 17.7. The molecule has 0 heterocycles. The van der Waals surface area contributed by atoms with Gasteiger partial charge in [0.2, 0.25) is 0 Å². The second-order valence-corrected chi connectivity index (χ2v) is 3.07. The number of hydrogen-bond acceptors (Lipinski definition) is 2. The molecule has 0 bridgehead atoms. The molecule has 94 valence electrons. The van der Waals surface area contributed by atoms with E-state index in [1.165, 1.54) is 6.08 Å². The SMILES string of the molecule is CC=CC=CC=O.CCC=CCCC=CC=O. The van der Waals surface area contributed by atoms with Crippen LogP contribution in [-0.2, 0) is 9.59 Å². The third kappa shape index (κ3) is 25.0. The number of unbranched alkanes of at least 4 members (excludes halogenated alkanes) is 1. The van der Waals surface area contributed by atoms with Gasteiger partial charge in [-0.3, -0.25) is 9.59 Å². The van der Waals surface area contributed by atoms with Gasteiger partial charge in [-0.05, 0) is 38.3 Å². The Morgan fingerprint density at radius 3 is 1.94 bits per heavy atom. The summed E-state index contributed by atoms with van der Waals surface area (Å²) in [4.78, 5) is 19.3. The van der Waals surface area contributed by atoms with E-state index >= 15 is 0 Å². The van der Waals surface area contributed by atoms with E-state index in [2.05, 4.69) is 19.1 Å². The summed E-state index contributed by atoms with van der Waals surface area (Å²) in [5.74, 6) is 0. The van der Waals surface area contributed by atoms with Gasteiger partial charge in [0.15, 0.2) is 0 Å². The van der Waals surface area contributed by atoms with Crippen LogP contribution in [0.25, 0.3) is 0 Å². The fourth-order valence-corrected chi connectivity index (χ4v) is 0.849. The summed E-state index contributed by atoms with van der Waals surface area (Å²) in [5, 5.41) is 0. The van der Waals surface area contributed by atoms with Crippen molar-refractivity contribution in [2.75, 3.05) is 0 Å². The van der Waals surface area contributed by atoms with E-state index in [1.54, 1.807) is 18.2 Å². The number of carbonyl (C=O) groups excluding carboxylic acids is 2. The largest absolute Gasteiger partial charge is 0.299 e. The van der Waals surface area contributed by atoms with Crippen LogP contribution >= 0.6 is 0 Å². The Hall–Kier alpha value is -1.70. The topological polar surface area (TPSA) is 34.1 Å². The quantitative estimate of drug-likeness (QED) is 0.221. The molecule has 0 radical (unpaired) electrons. The average molecular weight is 234 g/mol. The van der Waals surface area contributed by atoms with Crippen LogP contribution in [0.1, 0.15) is 33.1 Å². The van der Waals surface area contributed by atoms with Crippen LogP contribution < -0.4 is 0 Å². The van der Waals surface area contributed by atoms with Crippen LogP contribution in [0.5, 0.6) is 0 Å². The molecule has 0 fully saturated rings. The monoisotopic (exact) mass is 234 g/mol. The molecule has 2 nitrogen and oxygen atoms in total. The summed E-state index contributed by atoms with van der Waals surface area (Å²) in [7, 11) is 0. The Labute approximate surface area is 104 Å². The fraction of sp³-hybridized carbons (Fsp3) is 0.333. The van der Waals surface area contributed by atoms with E-state index in [9.17, 15) is 9.59 Å². The standard InChI is InChI=1S/C9H14O.C6H8O/c1-2-3-4-5-6-7-8-9-10;1-2-3-4-5-6-7/h3-4,7-9H,2,5-6H2,1H3;2-6H,1H3. The van der Waals surface area contributed by atoms with Crippen molar-refractivity contribution >= 4 is 12.6 Å². The van der Waals surface area contributed by atoms with Crippen molar-refractivity contribution in [1.82, 2.24) is 0 Å². The van der Waals surface area contributed by atoms with Gasteiger partial charge in [0.1, 0.15) is 12.6 Å². The molecular formula is C15H22O2. The third-order valence-electron chi connectivity index (χ3n) is 1.61. The molecular weight excluding hydrogens is 212 g/mol. The Morgan fingerprint density at radius 1 is 0.765 bits per heavy atom. The van der Waals surface area contributed by atoms with Crippen molar-refractivity contribution in [3.05, 3.63) is 48.6 Å². The van der Waals surface area contributed by atoms with Crippen molar-refractivity contribution in [3.63, 3.8) is 0 Å². The highest BCUT2D eigenvalue weighted by atomic mass is 16.1. The van der Waals surface area contributed by atoms with Gasteiger partial charge in [-0.25, -0.2) is 0 Å². The highest BCUT2D eigenvalue weighted by Crippen LogP contribution is 1.92. The van der Waals surface area contributed by atoms with Gasteiger partial charge < -0.3 is 0 Å². The molecule has 0 atom stereocenters. The van der Waals surface area contributed by atoms with Crippen molar-refractivity contribution in [2.45, 2.75) is 33.1 Å². The summed E-state index contributed by atoms with van der Waals surface area (Å²) < 4.78 is 0. The maximum atomic E-state index is 9.79. The Bertz CT molecular complexity index is 271. The van der Waals surface area contributed by atoms with Crippen molar-refractivity contribution in [2.24, 2.45) is 0 Å². The van der Waals surface area contributed by atoms with Crippen molar-refractivity contribution in [3.8, 4) is 0 Å². The van der Waals surface area contributed by atoms with E-state index in [0.29, 0.717) is 0 Å². The van der Waals surface area contributed by atoms with Crippen LogP contribution in [-0.4, -0.2) is 12.6 Å². The molecule has 2 heteroatoms. The van der Waals surface area contributed by atoms with Crippen molar-refractivity contribution in [1.29, 1.82) is 0 Å². The molecule has 0 aromatic heterocycles. The maximum Gasteiger partial charge on any atom is 0.142 e. The lowest BCUT2D eigenvalue weighted by Crippen LogP contribution is -1.65. The van der Waals surface area contributed by atoms with E-state index in [1.807, 2.05) is 19.1 Å². The minimum atomic E-state index is 0.750. The molecule has 0 saturated heterocycles. The lowest BCUT2D eigenvalue weighted by molar-refractivity contribution is -0.104. The molecule has 0 aromatic rings. The highest BCUT2D eigenvalue weighted by Gasteiger charge is 1.74. The van der Waals surface area contributed by atoms with Crippen LogP contribution in [0.2, 0.25) is 0 Å². The molecule has 0 rings (SSSR count). The molecule has 17 heavy (non-hydrogen) atoms. The van der Waals surface area contributed by atoms with Gasteiger partial charge >= 0.3 is 0 Å². The summed E-state index contributed by atoms with van der Waals surface area (Å²) in [6.45, 7) is 4.01. The van der Waals surface area contributed by atoms with E-state index < -0.39 is 0 Å². The summed E-state index contributed by atoms with van der Waals surface area (Å²) in [6.07, 6.45) is 19.1. The minimum Gasteiger partial charge on any atom is -0.299 e. The highest BCUT2D eigenvalue weighted by molar-refractivity contribution is 5.65. The molecule has 0 spiro atoms. The number of hydrogen-bond donors (Lipinski definition) is 0. The normalized spacial score (nSPS) is 11.2. The zero-order valence-corrected chi connectivity index (χ0v) is 10.7. The van der Waals surface area contributed by atoms with Crippen molar-refractivity contribution < 1.29 is 9.59 Å². The van der Waals surface area contributed by atoms with Crippen LogP contribution in [0.3, 0.4) is 0 Å². The molecule has 0 aliphatic rings. The predicted octanol–water partition coefficient (Wildman–Crippen LogP) is 3.81.